The number of aryl methyl sites for hydroxylation is 2. The number of morpholine rings is 1. The number of aromatic nitrogens is 1. The van der Waals surface area contributed by atoms with Crippen LogP contribution in [-0.2, 0) is 14.8 Å². The number of ether oxygens (including phenoxy) is 1. The first-order valence-corrected chi connectivity index (χ1v) is 11.7. The molecule has 1 saturated heterocycles. The van der Waals surface area contributed by atoms with Crippen LogP contribution in [0.15, 0.2) is 59.6 Å². The number of nitrogens with one attached hydrogen (secondary N) is 1. The third-order valence-corrected chi connectivity index (χ3v) is 6.96. The first-order chi connectivity index (χ1) is 14.4. The predicted octanol–water partition coefficient (Wildman–Crippen LogP) is 3.20. The fourth-order valence-corrected chi connectivity index (χ4v) is 5.21. The quantitative estimate of drug-likeness (QED) is 0.657. The van der Waals surface area contributed by atoms with Crippen LogP contribution in [0.1, 0.15) is 22.7 Å². The highest BCUT2D eigenvalue weighted by molar-refractivity contribution is 7.89. The summed E-state index contributed by atoms with van der Waals surface area (Å²) < 4.78 is 34.9. The SMILES string of the molecule is Cc1ccc([C@@H](CNS(=O)(=O)c2cc(C)cc3cccnc23)N2CCOCC2)cc1. The number of benzene rings is 2. The second kappa shape index (κ2) is 8.81. The molecule has 0 spiro atoms. The van der Waals surface area contributed by atoms with Gasteiger partial charge in [0.1, 0.15) is 4.90 Å². The van der Waals surface area contributed by atoms with E-state index < -0.39 is 10.0 Å². The van der Waals surface area contributed by atoms with Crippen molar-refractivity contribution in [3.05, 3.63) is 71.4 Å². The van der Waals surface area contributed by atoms with Gasteiger partial charge in [-0.1, -0.05) is 35.9 Å². The highest BCUT2D eigenvalue weighted by atomic mass is 32.2. The third kappa shape index (κ3) is 4.54. The molecular formula is C23H27N3O3S. The Bertz CT molecular complexity index is 1120. The molecule has 0 aliphatic carbocycles. The van der Waals surface area contributed by atoms with Crippen molar-refractivity contribution >= 4 is 20.9 Å². The van der Waals surface area contributed by atoms with Crippen molar-refractivity contribution in [1.82, 2.24) is 14.6 Å². The van der Waals surface area contributed by atoms with Crippen LogP contribution in [0.25, 0.3) is 10.9 Å². The lowest BCUT2D eigenvalue weighted by atomic mass is 10.0. The molecule has 1 fully saturated rings. The zero-order chi connectivity index (χ0) is 21.1. The van der Waals surface area contributed by atoms with Crippen molar-refractivity contribution in [2.24, 2.45) is 0 Å². The molecule has 30 heavy (non-hydrogen) atoms. The monoisotopic (exact) mass is 425 g/mol. The van der Waals surface area contributed by atoms with Gasteiger partial charge in [-0.2, -0.15) is 0 Å². The average Bonchev–Trinajstić information content (AvgIpc) is 2.75. The molecule has 7 heteroatoms. The van der Waals surface area contributed by atoms with Crippen LogP contribution in [0.3, 0.4) is 0 Å². The number of fused-ring (bicyclic) bond motifs is 1. The summed E-state index contributed by atoms with van der Waals surface area (Å²) in [6, 6.07) is 15.6. The van der Waals surface area contributed by atoms with E-state index in [1.54, 1.807) is 12.3 Å². The molecule has 0 radical (unpaired) electrons. The Hall–Kier alpha value is -2.32. The summed E-state index contributed by atoms with van der Waals surface area (Å²) in [5.74, 6) is 0. The Labute approximate surface area is 177 Å². The lowest BCUT2D eigenvalue weighted by Gasteiger charge is -2.35. The van der Waals surface area contributed by atoms with Crippen molar-refractivity contribution in [3.8, 4) is 0 Å². The van der Waals surface area contributed by atoms with Gasteiger partial charge in [0, 0.05) is 37.3 Å². The summed E-state index contributed by atoms with van der Waals surface area (Å²) in [6.45, 7) is 7.08. The lowest BCUT2D eigenvalue weighted by Crippen LogP contribution is -2.43. The van der Waals surface area contributed by atoms with Gasteiger partial charge in [0.05, 0.1) is 18.7 Å². The predicted molar refractivity (Wildman–Crippen MR) is 118 cm³/mol. The number of hydrogen-bond donors (Lipinski definition) is 1. The topological polar surface area (TPSA) is 71.5 Å². The fourth-order valence-electron chi connectivity index (χ4n) is 3.91. The average molecular weight is 426 g/mol. The van der Waals surface area contributed by atoms with Crippen LogP contribution in [0.5, 0.6) is 0 Å². The molecule has 1 atom stereocenters. The summed E-state index contributed by atoms with van der Waals surface area (Å²) in [6.07, 6.45) is 1.62. The maximum atomic E-state index is 13.3. The van der Waals surface area contributed by atoms with E-state index in [4.69, 9.17) is 4.74 Å². The van der Waals surface area contributed by atoms with Gasteiger partial charge in [0.2, 0.25) is 10.0 Å². The van der Waals surface area contributed by atoms with Crippen molar-refractivity contribution in [1.29, 1.82) is 0 Å². The van der Waals surface area contributed by atoms with Crippen LogP contribution in [-0.4, -0.2) is 51.1 Å². The van der Waals surface area contributed by atoms with E-state index >= 15 is 0 Å². The van der Waals surface area contributed by atoms with Gasteiger partial charge in [0.15, 0.2) is 0 Å². The first kappa shape index (κ1) is 20.9. The van der Waals surface area contributed by atoms with E-state index in [-0.39, 0.29) is 17.5 Å². The molecule has 158 valence electrons. The standard InChI is InChI=1S/C23H27N3O3S/c1-17-5-7-19(8-6-17)21(26-10-12-29-13-11-26)16-25-30(27,28)22-15-18(2)14-20-4-3-9-24-23(20)22/h3-9,14-15,21,25H,10-13,16H2,1-2H3/t21-/m1/s1. The number of nitrogens with zero attached hydrogens (tertiary/aromatic N) is 2. The lowest BCUT2D eigenvalue weighted by molar-refractivity contribution is 0.0172. The Morgan fingerprint density at radius 1 is 1.07 bits per heavy atom. The highest BCUT2D eigenvalue weighted by Gasteiger charge is 2.26. The number of rotatable bonds is 6. The van der Waals surface area contributed by atoms with Crippen molar-refractivity contribution < 1.29 is 13.2 Å². The summed E-state index contributed by atoms with van der Waals surface area (Å²) in [4.78, 5) is 6.83. The number of hydrogen-bond acceptors (Lipinski definition) is 5. The van der Waals surface area contributed by atoms with Gasteiger partial charge >= 0.3 is 0 Å². The molecule has 2 heterocycles. The third-order valence-electron chi connectivity index (χ3n) is 5.52. The van der Waals surface area contributed by atoms with E-state index in [9.17, 15) is 8.42 Å². The Morgan fingerprint density at radius 3 is 2.53 bits per heavy atom. The molecule has 1 N–H and O–H groups in total. The Morgan fingerprint density at radius 2 is 1.80 bits per heavy atom. The molecule has 2 aromatic carbocycles. The minimum absolute atomic E-state index is 0.0618. The molecule has 3 aromatic rings. The molecule has 0 saturated carbocycles. The van der Waals surface area contributed by atoms with Crippen LogP contribution in [0.2, 0.25) is 0 Å². The molecule has 1 aliphatic heterocycles. The molecular weight excluding hydrogens is 398 g/mol. The molecule has 4 rings (SSSR count). The summed E-state index contributed by atoms with van der Waals surface area (Å²) >= 11 is 0. The molecule has 0 bridgehead atoms. The smallest absolute Gasteiger partial charge is 0.242 e. The summed E-state index contributed by atoms with van der Waals surface area (Å²) in [5.41, 5.74) is 3.66. The van der Waals surface area contributed by atoms with Crippen molar-refractivity contribution in [2.45, 2.75) is 24.8 Å². The van der Waals surface area contributed by atoms with Gasteiger partial charge in [-0.3, -0.25) is 9.88 Å². The van der Waals surface area contributed by atoms with Crippen molar-refractivity contribution in [3.63, 3.8) is 0 Å². The van der Waals surface area contributed by atoms with Gasteiger partial charge in [0.25, 0.3) is 0 Å². The normalized spacial score (nSPS) is 16.6. The number of pyridine rings is 1. The second-order valence-electron chi connectivity index (χ2n) is 7.76. The maximum absolute atomic E-state index is 13.3. The fraction of sp³-hybridized carbons (Fsp3) is 0.348. The number of sulfonamides is 1. The maximum Gasteiger partial charge on any atom is 0.242 e. The van der Waals surface area contributed by atoms with Gasteiger partial charge < -0.3 is 4.74 Å². The van der Waals surface area contributed by atoms with E-state index in [1.165, 1.54) is 5.56 Å². The minimum atomic E-state index is -3.73. The van der Waals surface area contributed by atoms with Crippen LogP contribution >= 0.6 is 0 Å². The van der Waals surface area contributed by atoms with Gasteiger partial charge in [-0.15, -0.1) is 0 Å². The zero-order valence-electron chi connectivity index (χ0n) is 17.3. The second-order valence-corrected chi connectivity index (χ2v) is 9.50. The van der Waals surface area contributed by atoms with E-state index in [0.29, 0.717) is 18.7 Å². The summed E-state index contributed by atoms with van der Waals surface area (Å²) in [5, 5.41) is 0.820. The molecule has 1 aliphatic rings. The molecule has 0 amide bonds. The minimum Gasteiger partial charge on any atom is -0.379 e. The van der Waals surface area contributed by atoms with E-state index in [0.717, 1.165) is 29.6 Å². The van der Waals surface area contributed by atoms with Gasteiger partial charge in [-0.05, 0) is 43.2 Å². The van der Waals surface area contributed by atoms with E-state index in [2.05, 4.69) is 38.9 Å². The zero-order valence-corrected chi connectivity index (χ0v) is 18.2. The Balaban J connectivity index is 1.63. The van der Waals surface area contributed by atoms with E-state index in [1.807, 2.05) is 32.0 Å². The molecule has 0 unspecified atom stereocenters. The summed E-state index contributed by atoms with van der Waals surface area (Å²) in [7, 11) is -3.73. The van der Waals surface area contributed by atoms with Gasteiger partial charge in [-0.25, -0.2) is 13.1 Å². The largest absolute Gasteiger partial charge is 0.379 e. The van der Waals surface area contributed by atoms with Crippen LogP contribution < -0.4 is 4.72 Å². The molecule has 1 aromatic heterocycles. The highest BCUT2D eigenvalue weighted by Crippen LogP contribution is 2.25. The van der Waals surface area contributed by atoms with Crippen LogP contribution in [0.4, 0.5) is 0 Å². The van der Waals surface area contributed by atoms with Crippen molar-refractivity contribution in [2.75, 3.05) is 32.8 Å². The van der Waals surface area contributed by atoms with Crippen LogP contribution in [0, 0.1) is 13.8 Å². The first-order valence-electron chi connectivity index (χ1n) is 10.2. The Kier molecular flexibility index (Phi) is 6.15. The molecule has 6 nitrogen and oxygen atoms in total.